The van der Waals surface area contributed by atoms with Crippen molar-refractivity contribution < 1.29 is 31.5 Å². The predicted molar refractivity (Wildman–Crippen MR) is 58.6 cm³/mol. The van der Waals surface area contributed by atoms with Gasteiger partial charge in [-0.05, 0) is 11.6 Å². The fourth-order valence-corrected chi connectivity index (χ4v) is 2.15. The van der Waals surface area contributed by atoms with Crippen LogP contribution in [0.3, 0.4) is 0 Å². The van der Waals surface area contributed by atoms with E-state index >= 15 is 0 Å². The van der Waals surface area contributed by atoms with E-state index in [0.29, 0.717) is 6.07 Å². The van der Waals surface area contributed by atoms with E-state index in [-0.39, 0.29) is 0 Å². The summed E-state index contributed by atoms with van der Waals surface area (Å²) < 4.78 is 69.5. The molecule has 1 atom stereocenters. The van der Waals surface area contributed by atoms with Gasteiger partial charge in [0.15, 0.2) is 6.61 Å². The molecule has 1 amide bonds. The second kappa shape index (κ2) is 4.76. The fraction of sp³-hybridized carbons (Fsp3) is 0.364. The Hall–Kier alpha value is -1.57. The van der Waals surface area contributed by atoms with Crippen LogP contribution in [0.15, 0.2) is 18.2 Å². The largest absolute Gasteiger partial charge is 0.443 e. The van der Waals surface area contributed by atoms with Crippen LogP contribution in [0.4, 0.5) is 26.7 Å². The van der Waals surface area contributed by atoms with Crippen LogP contribution in [0.2, 0.25) is 5.02 Å². The molecule has 0 aromatic heterocycles. The van der Waals surface area contributed by atoms with Crippen molar-refractivity contribution in [2.24, 2.45) is 0 Å². The summed E-state index contributed by atoms with van der Waals surface area (Å²) in [4.78, 5) is 11.0. The summed E-state index contributed by atoms with van der Waals surface area (Å²) in [5.41, 5.74) is -1.75. The lowest BCUT2D eigenvalue weighted by Gasteiger charge is -2.32. The summed E-state index contributed by atoms with van der Waals surface area (Å²) in [6.07, 6.45) is -5.92. The number of alkyl carbamates (subject to hydrolysis) is 1. The average Bonchev–Trinajstić information content (AvgIpc) is 2.31. The molecule has 1 heterocycles. The number of benzene rings is 1. The van der Waals surface area contributed by atoms with Crippen molar-refractivity contribution in [1.29, 1.82) is 0 Å². The molecule has 0 radical (unpaired) electrons. The lowest BCUT2D eigenvalue weighted by atomic mass is 9.98. The molecule has 9 heteroatoms. The molecule has 1 saturated heterocycles. The molecule has 110 valence electrons. The minimum atomic E-state index is -4.78. The first-order valence-corrected chi connectivity index (χ1v) is 5.67. The Bertz CT molecular complexity index is 546. The minimum absolute atomic E-state index is 0.511. The summed E-state index contributed by atoms with van der Waals surface area (Å²) in [5, 5.41) is 0.911. The topological polar surface area (TPSA) is 38.3 Å². The van der Waals surface area contributed by atoms with Gasteiger partial charge in [-0.2, -0.15) is 13.2 Å². The number of rotatable bonds is 1. The van der Waals surface area contributed by atoms with Crippen LogP contribution in [0, 0.1) is 0 Å². The van der Waals surface area contributed by atoms with Crippen molar-refractivity contribution in [3.63, 3.8) is 0 Å². The molecule has 0 unspecified atom stereocenters. The van der Waals surface area contributed by atoms with Crippen molar-refractivity contribution >= 4 is 17.7 Å². The molecule has 0 spiro atoms. The Kier molecular flexibility index (Phi) is 3.53. The number of nitrogens with one attached hydrogen (secondary N) is 1. The maximum absolute atomic E-state index is 13.7. The van der Waals surface area contributed by atoms with E-state index in [1.807, 2.05) is 0 Å². The minimum Gasteiger partial charge on any atom is -0.443 e. The lowest BCUT2D eigenvalue weighted by Crippen LogP contribution is -2.49. The Morgan fingerprint density at radius 1 is 1.35 bits per heavy atom. The van der Waals surface area contributed by atoms with Gasteiger partial charge in [0.2, 0.25) is 0 Å². The first-order valence-electron chi connectivity index (χ1n) is 5.29. The van der Waals surface area contributed by atoms with Gasteiger partial charge in [-0.25, -0.2) is 13.6 Å². The van der Waals surface area contributed by atoms with Crippen LogP contribution >= 0.6 is 11.6 Å². The maximum Gasteiger partial charge on any atom is 0.417 e. The monoisotopic (exact) mass is 315 g/mol. The number of halogens is 6. The molecule has 1 N–H and O–H groups in total. The van der Waals surface area contributed by atoms with Crippen LogP contribution in [-0.2, 0) is 10.9 Å². The molecular weight excluding hydrogens is 309 g/mol. The second-order valence-electron chi connectivity index (χ2n) is 4.12. The molecule has 1 aromatic carbocycles. The molecule has 3 nitrogen and oxygen atoms in total. The summed E-state index contributed by atoms with van der Waals surface area (Å²) in [6, 6.07) is 0.646. The quantitative estimate of drug-likeness (QED) is 0.801. The first-order chi connectivity index (χ1) is 9.13. The third-order valence-electron chi connectivity index (χ3n) is 2.73. The van der Waals surface area contributed by atoms with Gasteiger partial charge >= 0.3 is 18.2 Å². The van der Waals surface area contributed by atoms with Crippen molar-refractivity contribution in [3.05, 3.63) is 34.3 Å². The SMILES string of the molecule is O=C1N[C@@H](c2cccc(C(F)(F)F)c2Cl)C(F)(F)CO1. The molecule has 2 rings (SSSR count). The zero-order chi connectivity index (χ0) is 15.1. The smallest absolute Gasteiger partial charge is 0.417 e. The van der Waals surface area contributed by atoms with Crippen LogP contribution in [0.25, 0.3) is 0 Å². The number of amides is 1. The lowest BCUT2D eigenvalue weighted by molar-refractivity contribution is -0.137. The molecule has 1 aliphatic rings. The van der Waals surface area contributed by atoms with Crippen LogP contribution in [-0.4, -0.2) is 18.6 Å². The number of alkyl halides is 5. The van der Waals surface area contributed by atoms with Gasteiger partial charge in [-0.3, -0.25) is 0 Å². The zero-order valence-corrected chi connectivity index (χ0v) is 10.4. The third-order valence-corrected chi connectivity index (χ3v) is 3.15. The van der Waals surface area contributed by atoms with E-state index in [0.717, 1.165) is 12.1 Å². The van der Waals surface area contributed by atoms with Crippen LogP contribution < -0.4 is 5.32 Å². The molecule has 1 fully saturated rings. The molecule has 0 bridgehead atoms. The van der Waals surface area contributed by atoms with Gasteiger partial charge in [0.1, 0.15) is 6.04 Å². The molecule has 0 aliphatic carbocycles. The number of hydrogen-bond donors (Lipinski definition) is 1. The summed E-state index contributed by atoms with van der Waals surface area (Å²) in [5.74, 6) is -3.57. The van der Waals surface area contributed by atoms with Gasteiger partial charge in [0.25, 0.3) is 0 Å². The van der Waals surface area contributed by atoms with Crippen LogP contribution in [0.5, 0.6) is 0 Å². The summed E-state index contributed by atoms with van der Waals surface area (Å²) >= 11 is 5.56. The second-order valence-corrected chi connectivity index (χ2v) is 4.50. The Balaban J connectivity index is 2.49. The van der Waals surface area contributed by atoms with E-state index in [9.17, 15) is 26.7 Å². The van der Waals surface area contributed by atoms with Gasteiger partial charge in [0.05, 0.1) is 10.6 Å². The maximum atomic E-state index is 13.7. The number of cyclic esters (lactones) is 1. The normalized spacial score (nSPS) is 22.1. The number of ether oxygens (including phenoxy) is 1. The summed E-state index contributed by atoms with van der Waals surface area (Å²) in [6.45, 7) is -1.23. The van der Waals surface area contributed by atoms with Gasteiger partial charge in [0, 0.05) is 0 Å². The van der Waals surface area contributed by atoms with Crippen LogP contribution in [0.1, 0.15) is 17.2 Å². The number of carbonyl (C=O) groups excluding carboxylic acids is 1. The van der Waals surface area contributed by atoms with Crippen molar-refractivity contribution in [3.8, 4) is 0 Å². The number of hydrogen-bond acceptors (Lipinski definition) is 2. The summed E-state index contributed by atoms with van der Waals surface area (Å²) in [7, 11) is 0. The Morgan fingerprint density at radius 3 is 2.60 bits per heavy atom. The van der Waals surface area contributed by atoms with Crippen molar-refractivity contribution in [2.75, 3.05) is 6.61 Å². The highest BCUT2D eigenvalue weighted by molar-refractivity contribution is 6.32. The van der Waals surface area contributed by atoms with E-state index < -0.39 is 47.0 Å². The van der Waals surface area contributed by atoms with E-state index in [4.69, 9.17) is 11.6 Å². The van der Waals surface area contributed by atoms with E-state index in [1.165, 1.54) is 0 Å². The van der Waals surface area contributed by atoms with E-state index in [1.54, 1.807) is 5.32 Å². The third kappa shape index (κ3) is 2.65. The molecule has 20 heavy (non-hydrogen) atoms. The molecular formula is C11H7ClF5NO2. The molecule has 1 aliphatic heterocycles. The Labute approximate surface area is 114 Å². The van der Waals surface area contributed by atoms with Gasteiger partial charge < -0.3 is 10.1 Å². The predicted octanol–water partition coefficient (Wildman–Crippen LogP) is 3.78. The highest BCUT2D eigenvalue weighted by Crippen LogP contribution is 2.42. The Morgan fingerprint density at radius 2 is 2.00 bits per heavy atom. The molecule has 0 saturated carbocycles. The van der Waals surface area contributed by atoms with Crippen molar-refractivity contribution in [1.82, 2.24) is 5.32 Å². The number of carbonyl (C=O) groups is 1. The standard InChI is InChI=1S/C11H7ClF5NO2/c12-7-5(2-1-3-6(7)11(15,16)17)8-10(13,14)4-20-9(19)18-8/h1-3,8H,4H2,(H,18,19)/t8-/m0/s1. The highest BCUT2D eigenvalue weighted by Gasteiger charge is 2.48. The zero-order valence-electron chi connectivity index (χ0n) is 9.60. The first kappa shape index (κ1) is 14.8. The van der Waals surface area contributed by atoms with Crippen molar-refractivity contribution in [2.45, 2.75) is 18.1 Å². The van der Waals surface area contributed by atoms with Gasteiger partial charge in [-0.15, -0.1) is 0 Å². The van der Waals surface area contributed by atoms with Gasteiger partial charge in [-0.1, -0.05) is 23.7 Å². The molecule has 1 aromatic rings. The highest BCUT2D eigenvalue weighted by atomic mass is 35.5. The average molecular weight is 316 g/mol. The fourth-order valence-electron chi connectivity index (χ4n) is 1.81. The van der Waals surface area contributed by atoms with E-state index in [2.05, 4.69) is 4.74 Å².